The molecule has 0 radical (unpaired) electrons. The summed E-state index contributed by atoms with van der Waals surface area (Å²) < 4.78 is 4.94. The van der Waals surface area contributed by atoms with Crippen LogP contribution in [0.1, 0.15) is 16.2 Å². The van der Waals surface area contributed by atoms with Crippen molar-refractivity contribution in [1.29, 1.82) is 0 Å². The summed E-state index contributed by atoms with van der Waals surface area (Å²) in [4.78, 5) is 20.3. The molecular formula is C15H12ClN5O2. The molecule has 0 spiro atoms. The first-order chi connectivity index (χ1) is 11.1. The molecule has 116 valence electrons. The van der Waals surface area contributed by atoms with Gasteiger partial charge in [-0.1, -0.05) is 22.8 Å². The number of halogens is 1. The Labute approximate surface area is 136 Å². The van der Waals surface area contributed by atoms with Crippen molar-refractivity contribution < 1.29 is 9.32 Å². The lowest BCUT2D eigenvalue weighted by Gasteiger charge is -2.05. The SMILES string of the molecule is Cc1cc(Nc2cnc(C(=O)Nc3cccc(Cl)c3)cn2)no1. The summed E-state index contributed by atoms with van der Waals surface area (Å²) in [7, 11) is 0. The Morgan fingerprint density at radius 1 is 1.17 bits per heavy atom. The molecule has 1 amide bonds. The highest BCUT2D eigenvalue weighted by molar-refractivity contribution is 6.30. The Bertz CT molecular complexity index is 832. The molecule has 3 aromatic rings. The molecule has 0 fully saturated rings. The summed E-state index contributed by atoms with van der Waals surface area (Å²) in [6.07, 6.45) is 2.81. The number of amides is 1. The van der Waals surface area contributed by atoms with Crippen molar-refractivity contribution in [3.05, 3.63) is 59.2 Å². The average Bonchev–Trinajstić information content (AvgIpc) is 2.93. The van der Waals surface area contributed by atoms with Crippen LogP contribution in [0.2, 0.25) is 5.02 Å². The van der Waals surface area contributed by atoms with Crippen molar-refractivity contribution in [1.82, 2.24) is 15.1 Å². The minimum absolute atomic E-state index is 0.187. The van der Waals surface area contributed by atoms with Gasteiger partial charge in [-0.05, 0) is 25.1 Å². The van der Waals surface area contributed by atoms with Gasteiger partial charge in [-0.15, -0.1) is 0 Å². The van der Waals surface area contributed by atoms with E-state index >= 15 is 0 Å². The van der Waals surface area contributed by atoms with E-state index in [2.05, 4.69) is 25.8 Å². The Hall–Kier alpha value is -2.93. The summed E-state index contributed by atoms with van der Waals surface area (Å²) in [5.41, 5.74) is 0.774. The van der Waals surface area contributed by atoms with Crippen molar-refractivity contribution in [2.75, 3.05) is 10.6 Å². The lowest BCUT2D eigenvalue weighted by Crippen LogP contribution is -2.14. The first-order valence-corrected chi connectivity index (χ1v) is 7.07. The van der Waals surface area contributed by atoms with Crippen LogP contribution < -0.4 is 10.6 Å². The first-order valence-electron chi connectivity index (χ1n) is 6.69. The van der Waals surface area contributed by atoms with Crippen LogP contribution in [-0.4, -0.2) is 21.0 Å². The number of rotatable bonds is 4. The quantitative estimate of drug-likeness (QED) is 0.761. The number of anilines is 3. The molecule has 0 aliphatic heterocycles. The van der Waals surface area contributed by atoms with Gasteiger partial charge in [-0.25, -0.2) is 9.97 Å². The molecule has 0 aliphatic rings. The minimum atomic E-state index is -0.372. The lowest BCUT2D eigenvalue weighted by atomic mass is 10.3. The number of nitrogens with one attached hydrogen (secondary N) is 2. The van der Waals surface area contributed by atoms with E-state index in [1.54, 1.807) is 37.3 Å². The van der Waals surface area contributed by atoms with Gasteiger partial charge in [0.2, 0.25) is 0 Å². The summed E-state index contributed by atoms with van der Waals surface area (Å²) in [5, 5.41) is 9.94. The second-order valence-corrected chi connectivity index (χ2v) is 5.14. The van der Waals surface area contributed by atoms with E-state index in [4.69, 9.17) is 16.1 Å². The summed E-state index contributed by atoms with van der Waals surface area (Å²) >= 11 is 5.87. The predicted octanol–water partition coefficient (Wildman–Crippen LogP) is 3.42. The molecule has 23 heavy (non-hydrogen) atoms. The second kappa shape index (κ2) is 6.45. The molecule has 0 saturated heterocycles. The van der Waals surface area contributed by atoms with E-state index in [9.17, 15) is 4.79 Å². The van der Waals surface area contributed by atoms with Gasteiger partial charge in [0.05, 0.1) is 12.4 Å². The van der Waals surface area contributed by atoms with Crippen molar-refractivity contribution >= 4 is 34.8 Å². The summed E-state index contributed by atoms with van der Waals surface area (Å²) in [6.45, 7) is 1.78. The van der Waals surface area contributed by atoms with Crippen molar-refractivity contribution in [2.45, 2.75) is 6.92 Å². The highest BCUT2D eigenvalue weighted by Crippen LogP contribution is 2.16. The van der Waals surface area contributed by atoms with Crippen LogP contribution in [-0.2, 0) is 0 Å². The zero-order valence-corrected chi connectivity index (χ0v) is 12.8. The van der Waals surface area contributed by atoms with Crippen molar-refractivity contribution in [3.8, 4) is 0 Å². The fourth-order valence-electron chi connectivity index (χ4n) is 1.83. The number of aryl methyl sites for hydroxylation is 1. The molecule has 0 bridgehead atoms. The largest absolute Gasteiger partial charge is 0.360 e. The molecule has 7 nitrogen and oxygen atoms in total. The summed E-state index contributed by atoms with van der Waals surface area (Å²) in [5.74, 6) is 1.28. The maximum absolute atomic E-state index is 12.1. The van der Waals surface area contributed by atoms with Gasteiger partial charge in [-0.3, -0.25) is 4.79 Å². The Kier molecular flexibility index (Phi) is 4.20. The number of aromatic nitrogens is 3. The van der Waals surface area contributed by atoms with Gasteiger partial charge in [0.25, 0.3) is 5.91 Å². The normalized spacial score (nSPS) is 10.3. The number of nitrogens with zero attached hydrogens (tertiary/aromatic N) is 3. The molecule has 0 aliphatic carbocycles. The smallest absolute Gasteiger partial charge is 0.275 e. The van der Waals surface area contributed by atoms with Gasteiger partial charge in [0, 0.05) is 16.8 Å². The lowest BCUT2D eigenvalue weighted by molar-refractivity contribution is 0.102. The summed E-state index contributed by atoms with van der Waals surface area (Å²) in [6, 6.07) is 8.58. The Morgan fingerprint density at radius 3 is 2.70 bits per heavy atom. The highest BCUT2D eigenvalue weighted by atomic mass is 35.5. The van der Waals surface area contributed by atoms with Gasteiger partial charge >= 0.3 is 0 Å². The van der Waals surface area contributed by atoms with E-state index in [0.717, 1.165) is 0 Å². The van der Waals surface area contributed by atoms with Gasteiger partial charge in [0.15, 0.2) is 5.82 Å². The molecule has 8 heteroatoms. The number of hydrogen-bond donors (Lipinski definition) is 2. The molecule has 0 saturated carbocycles. The number of benzene rings is 1. The second-order valence-electron chi connectivity index (χ2n) is 4.70. The van der Waals surface area contributed by atoms with E-state index < -0.39 is 0 Å². The molecule has 1 aromatic carbocycles. The van der Waals surface area contributed by atoms with Crippen molar-refractivity contribution in [2.24, 2.45) is 0 Å². The maximum Gasteiger partial charge on any atom is 0.275 e. The predicted molar refractivity (Wildman–Crippen MR) is 86.0 cm³/mol. The highest BCUT2D eigenvalue weighted by Gasteiger charge is 2.09. The van der Waals surface area contributed by atoms with Gasteiger partial charge in [0.1, 0.15) is 17.3 Å². The van der Waals surface area contributed by atoms with Gasteiger partial charge < -0.3 is 15.2 Å². The third-order valence-corrected chi connectivity index (χ3v) is 3.09. The number of carbonyl (C=O) groups excluding carboxylic acids is 1. The Morgan fingerprint density at radius 2 is 2.04 bits per heavy atom. The monoisotopic (exact) mass is 329 g/mol. The average molecular weight is 330 g/mol. The fourth-order valence-corrected chi connectivity index (χ4v) is 2.02. The zero-order valence-electron chi connectivity index (χ0n) is 12.1. The molecule has 2 aromatic heterocycles. The molecule has 0 atom stereocenters. The topological polar surface area (TPSA) is 92.9 Å². The van der Waals surface area contributed by atoms with Crippen LogP contribution in [0.5, 0.6) is 0 Å². The van der Waals surface area contributed by atoms with Crippen molar-refractivity contribution in [3.63, 3.8) is 0 Å². The first kappa shape index (κ1) is 15.0. The zero-order chi connectivity index (χ0) is 16.2. The third-order valence-electron chi connectivity index (χ3n) is 2.85. The van der Waals surface area contributed by atoms with Crippen LogP contribution in [0.15, 0.2) is 47.2 Å². The van der Waals surface area contributed by atoms with Crippen LogP contribution in [0.25, 0.3) is 0 Å². The van der Waals surface area contributed by atoms with Crippen LogP contribution >= 0.6 is 11.6 Å². The van der Waals surface area contributed by atoms with E-state index in [0.29, 0.717) is 28.1 Å². The van der Waals surface area contributed by atoms with E-state index in [1.807, 2.05) is 0 Å². The van der Waals surface area contributed by atoms with Crippen LogP contribution in [0.4, 0.5) is 17.3 Å². The third kappa shape index (κ3) is 3.83. The van der Waals surface area contributed by atoms with Gasteiger partial charge in [-0.2, -0.15) is 0 Å². The molecule has 2 heterocycles. The number of carbonyl (C=O) groups is 1. The van der Waals surface area contributed by atoms with E-state index in [1.165, 1.54) is 12.4 Å². The molecule has 0 unspecified atom stereocenters. The van der Waals surface area contributed by atoms with E-state index in [-0.39, 0.29) is 11.6 Å². The van der Waals surface area contributed by atoms with Crippen LogP contribution in [0.3, 0.4) is 0 Å². The standard InChI is InChI=1S/C15H12ClN5O2/c1-9-5-13(21-23-9)20-14-8-17-12(7-18-14)15(22)19-11-4-2-3-10(16)6-11/h2-8H,1H3,(H,19,22)(H,18,20,21). The Balaban J connectivity index is 1.67. The molecule has 3 rings (SSSR count). The fraction of sp³-hybridized carbons (Fsp3) is 0.0667. The molecular weight excluding hydrogens is 318 g/mol. The minimum Gasteiger partial charge on any atom is -0.360 e. The maximum atomic E-state index is 12.1. The van der Waals surface area contributed by atoms with Crippen LogP contribution in [0, 0.1) is 6.92 Å². The molecule has 2 N–H and O–H groups in total. The number of hydrogen-bond acceptors (Lipinski definition) is 6.